The molecule has 0 spiro atoms. The van der Waals surface area contributed by atoms with E-state index in [1.807, 2.05) is 76.8 Å². The van der Waals surface area contributed by atoms with E-state index < -0.39 is 0 Å². The lowest BCUT2D eigenvalue weighted by molar-refractivity contribution is 0.291. The van der Waals surface area contributed by atoms with Gasteiger partial charge in [-0.05, 0) is 66.1 Å². The van der Waals surface area contributed by atoms with Crippen molar-refractivity contribution in [3.8, 4) is 17.1 Å². The zero-order chi connectivity index (χ0) is 24.2. The van der Waals surface area contributed by atoms with Crippen LogP contribution in [-0.2, 0) is 12.4 Å². The molecule has 0 aliphatic heterocycles. The molecule has 0 aliphatic rings. The van der Waals surface area contributed by atoms with E-state index in [0.717, 1.165) is 50.6 Å². The van der Waals surface area contributed by atoms with Crippen molar-refractivity contribution in [2.75, 3.05) is 0 Å². The number of thioether (sulfide) groups is 1. The van der Waals surface area contributed by atoms with E-state index >= 15 is 0 Å². The molecule has 8 nitrogen and oxygen atoms in total. The first-order chi connectivity index (χ1) is 17.1. The first kappa shape index (κ1) is 22.8. The summed E-state index contributed by atoms with van der Waals surface area (Å²) in [4.78, 5) is 0. The highest BCUT2D eigenvalue weighted by atomic mass is 32.2. The van der Waals surface area contributed by atoms with Crippen molar-refractivity contribution < 1.29 is 4.74 Å². The molecule has 176 valence electrons. The normalized spacial score (nSPS) is 11.1. The maximum Gasteiger partial charge on any atom is 0.196 e. The molecule has 5 aromatic rings. The van der Waals surface area contributed by atoms with Crippen LogP contribution in [0.25, 0.3) is 11.4 Å². The highest BCUT2D eigenvalue weighted by molar-refractivity contribution is 7.98. The number of nitrogens with zero attached hydrogens (tertiary/aromatic N) is 7. The van der Waals surface area contributed by atoms with Gasteiger partial charge in [-0.3, -0.25) is 4.57 Å². The molecule has 2 aromatic heterocycles. The lowest BCUT2D eigenvalue weighted by atomic mass is 10.1. The van der Waals surface area contributed by atoms with Crippen LogP contribution in [0.2, 0.25) is 0 Å². The van der Waals surface area contributed by atoms with Crippen molar-refractivity contribution >= 4 is 11.8 Å². The third kappa shape index (κ3) is 4.81. The maximum atomic E-state index is 6.08. The molecule has 5 rings (SSSR count). The minimum absolute atomic E-state index is 0.299. The Morgan fingerprint density at radius 2 is 1.46 bits per heavy atom. The van der Waals surface area contributed by atoms with Gasteiger partial charge in [0.2, 0.25) is 0 Å². The molecule has 0 fully saturated rings. The van der Waals surface area contributed by atoms with Gasteiger partial charge < -0.3 is 4.74 Å². The zero-order valence-electron chi connectivity index (χ0n) is 19.8. The number of rotatable bonds is 8. The van der Waals surface area contributed by atoms with Crippen LogP contribution in [-0.4, -0.2) is 35.0 Å². The minimum Gasteiger partial charge on any atom is -0.485 e. The van der Waals surface area contributed by atoms with Crippen LogP contribution in [0.5, 0.6) is 5.75 Å². The van der Waals surface area contributed by atoms with E-state index in [4.69, 9.17) is 4.74 Å². The maximum absolute atomic E-state index is 6.08. The topological polar surface area (TPSA) is 83.5 Å². The second-order valence-electron chi connectivity index (χ2n) is 8.16. The summed E-state index contributed by atoms with van der Waals surface area (Å²) in [7, 11) is 0. The predicted octanol–water partition coefficient (Wildman–Crippen LogP) is 5.04. The average molecular weight is 484 g/mol. The van der Waals surface area contributed by atoms with Crippen molar-refractivity contribution in [1.82, 2.24) is 35.0 Å². The summed E-state index contributed by atoms with van der Waals surface area (Å²) in [6, 6.07) is 24.2. The van der Waals surface area contributed by atoms with Gasteiger partial charge in [-0.15, -0.1) is 15.3 Å². The fraction of sp³-hybridized carbons (Fsp3) is 0.192. The number of aryl methyl sites for hydroxylation is 3. The number of hydrogen-bond donors (Lipinski definition) is 0. The van der Waals surface area contributed by atoms with E-state index in [9.17, 15) is 0 Å². The summed E-state index contributed by atoms with van der Waals surface area (Å²) in [5, 5.41) is 22.2. The lowest BCUT2D eigenvalue weighted by Gasteiger charge is -2.13. The molecular formula is C26H25N7OS. The highest BCUT2D eigenvalue weighted by Gasteiger charge is 2.18. The van der Waals surface area contributed by atoms with Crippen LogP contribution in [0.3, 0.4) is 0 Å². The Balaban J connectivity index is 1.42. The van der Waals surface area contributed by atoms with Gasteiger partial charge in [0.15, 0.2) is 16.8 Å². The van der Waals surface area contributed by atoms with E-state index in [0.29, 0.717) is 12.4 Å². The molecule has 0 atom stereocenters. The molecule has 0 radical (unpaired) electrons. The van der Waals surface area contributed by atoms with Crippen molar-refractivity contribution in [3.05, 3.63) is 101 Å². The zero-order valence-corrected chi connectivity index (χ0v) is 20.6. The van der Waals surface area contributed by atoms with Gasteiger partial charge in [0.05, 0.1) is 11.4 Å². The molecule has 35 heavy (non-hydrogen) atoms. The summed E-state index contributed by atoms with van der Waals surface area (Å²) in [6.45, 7) is 6.45. The van der Waals surface area contributed by atoms with Crippen LogP contribution in [0.1, 0.15) is 28.3 Å². The van der Waals surface area contributed by atoms with E-state index in [2.05, 4.69) is 51.7 Å². The Morgan fingerprint density at radius 3 is 2.23 bits per heavy atom. The average Bonchev–Trinajstić information content (AvgIpc) is 3.49. The number of tetrazole rings is 1. The molecule has 9 heteroatoms. The largest absolute Gasteiger partial charge is 0.485 e. The quantitative estimate of drug-likeness (QED) is 0.286. The smallest absolute Gasteiger partial charge is 0.196 e. The third-order valence-electron chi connectivity index (χ3n) is 5.68. The number of hydrogen-bond acceptors (Lipinski definition) is 7. The molecule has 0 saturated heterocycles. The Hall–Kier alpha value is -3.98. The number of para-hydroxylation sites is 3. The van der Waals surface area contributed by atoms with Gasteiger partial charge >= 0.3 is 0 Å². The monoisotopic (exact) mass is 483 g/mol. The van der Waals surface area contributed by atoms with Gasteiger partial charge in [-0.2, -0.15) is 4.68 Å². The Morgan fingerprint density at radius 1 is 0.743 bits per heavy atom. The Kier molecular flexibility index (Phi) is 6.58. The number of ether oxygens (including phenoxy) is 1. The fourth-order valence-corrected chi connectivity index (χ4v) is 4.80. The van der Waals surface area contributed by atoms with Gasteiger partial charge in [-0.1, -0.05) is 66.4 Å². The number of aromatic nitrogens is 7. The van der Waals surface area contributed by atoms with Crippen LogP contribution in [0, 0.1) is 20.8 Å². The van der Waals surface area contributed by atoms with Crippen LogP contribution < -0.4 is 4.74 Å². The van der Waals surface area contributed by atoms with Crippen molar-refractivity contribution in [1.29, 1.82) is 0 Å². The molecule has 0 unspecified atom stereocenters. The van der Waals surface area contributed by atoms with E-state index in [1.54, 1.807) is 0 Å². The standard InChI is InChI=1S/C26H25N7OS/c1-18-10-7-8-15-22(18)34-16-23-27-29-26(32(23)21-13-5-4-6-14-21)35-17-24-28-30-31-33(24)25-19(2)11-9-12-20(25)3/h4-15H,16-17H2,1-3H3. The third-order valence-corrected chi connectivity index (χ3v) is 6.61. The van der Waals surface area contributed by atoms with Gasteiger partial charge in [0.1, 0.15) is 12.4 Å². The lowest BCUT2D eigenvalue weighted by Crippen LogP contribution is -2.08. The fourth-order valence-electron chi connectivity index (χ4n) is 3.92. The van der Waals surface area contributed by atoms with Crippen LogP contribution in [0.15, 0.2) is 78.0 Å². The summed E-state index contributed by atoms with van der Waals surface area (Å²) < 4.78 is 9.92. The van der Waals surface area contributed by atoms with Gasteiger partial charge in [-0.25, -0.2) is 0 Å². The summed E-state index contributed by atoms with van der Waals surface area (Å²) >= 11 is 1.54. The first-order valence-corrected chi connectivity index (χ1v) is 12.2. The van der Waals surface area contributed by atoms with E-state index in [-0.39, 0.29) is 0 Å². The summed E-state index contributed by atoms with van der Waals surface area (Å²) in [5.74, 6) is 2.82. The highest BCUT2D eigenvalue weighted by Crippen LogP contribution is 2.27. The molecule has 3 aromatic carbocycles. The van der Waals surface area contributed by atoms with Gasteiger partial charge in [0, 0.05) is 5.69 Å². The molecule has 0 amide bonds. The molecule has 0 N–H and O–H groups in total. The Labute approximate surface area is 208 Å². The van der Waals surface area contributed by atoms with Crippen molar-refractivity contribution in [3.63, 3.8) is 0 Å². The minimum atomic E-state index is 0.299. The summed E-state index contributed by atoms with van der Waals surface area (Å²) in [6.07, 6.45) is 0. The molecule has 0 saturated carbocycles. The molecule has 0 aliphatic carbocycles. The number of benzene rings is 3. The summed E-state index contributed by atoms with van der Waals surface area (Å²) in [5.41, 5.74) is 5.28. The second-order valence-corrected chi connectivity index (χ2v) is 9.10. The predicted molar refractivity (Wildman–Crippen MR) is 135 cm³/mol. The molecular weight excluding hydrogens is 458 g/mol. The van der Waals surface area contributed by atoms with E-state index in [1.165, 1.54) is 11.8 Å². The second kappa shape index (κ2) is 10.1. The SMILES string of the molecule is Cc1ccccc1OCc1nnc(SCc2nnnn2-c2c(C)cccc2C)n1-c1ccccc1. The van der Waals surface area contributed by atoms with Crippen molar-refractivity contribution in [2.24, 2.45) is 0 Å². The Bertz CT molecular complexity index is 1430. The van der Waals surface area contributed by atoms with Crippen LogP contribution >= 0.6 is 11.8 Å². The molecule has 0 bridgehead atoms. The van der Waals surface area contributed by atoms with Crippen LogP contribution in [0.4, 0.5) is 0 Å². The van der Waals surface area contributed by atoms with Gasteiger partial charge in [0.25, 0.3) is 0 Å². The van der Waals surface area contributed by atoms with Crippen molar-refractivity contribution in [2.45, 2.75) is 38.3 Å². The first-order valence-electron chi connectivity index (χ1n) is 11.3. The molecule has 2 heterocycles.